The lowest BCUT2D eigenvalue weighted by molar-refractivity contribution is -0.141. The number of fused-ring (bicyclic) bond motifs is 1. The number of pyridine rings is 1. The third-order valence-electron chi connectivity index (χ3n) is 4.58. The van der Waals surface area contributed by atoms with Gasteiger partial charge in [0.05, 0.1) is 0 Å². The SMILES string of the molecule is Fc1ccc2cnccc2c1CN[C@H]1C[C@H](Oc2nc(C(F)(F)F)cs2)C1. The second-order valence-electron chi connectivity index (χ2n) is 6.41. The van der Waals surface area contributed by atoms with Crippen LogP contribution in [0.3, 0.4) is 0 Å². The summed E-state index contributed by atoms with van der Waals surface area (Å²) < 4.78 is 57.3. The molecule has 142 valence electrons. The molecule has 27 heavy (non-hydrogen) atoms. The van der Waals surface area contributed by atoms with Gasteiger partial charge in [-0.15, -0.1) is 0 Å². The Labute approximate surface area is 156 Å². The van der Waals surface area contributed by atoms with Crippen molar-refractivity contribution in [3.63, 3.8) is 0 Å². The molecule has 0 radical (unpaired) electrons. The zero-order valence-electron chi connectivity index (χ0n) is 14.0. The van der Waals surface area contributed by atoms with E-state index in [1.165, 1.54) is 6.07 Å². The molecule has 1 aliphatic rings. The molecule has 9 heteroatoms. The number of alkyl halides is 3. The molecule has 3 aromatic rings. The van der Waals surface area contributed by atoms with Crippen LogP contribution in [0.15, 0.2) is 36.0 Å². The molecule has 4 rings (SSSR count). The van der Waals surface area contributed by atoms with Gasteiger partial charge in [-0.2, -0.15) is 18.2 Å². The molecule has 1 aromatic carbocycles. The Bertz CT molecular complexity index is 953. The molecular formula is C18H15F4N3OS. The number of nitrogens with zero attached hydrogens (tertiary/aromatic N) is 2. The molecule has 0 spiro atoms. The van der Waals surface area contributed by atoms with E-state index in [9.17, 15) is 17.6 Å². The van der Waals surface area contributed by atoms with Crippen LogP contribution in [0.4, 0.5) is 17.6 Å². The first kappa shape index (κ1) is 18.1. The molecule has 2 heterocycles. The quantitative estimate of drug-likeness (QED) is 0.642. The summed E-state index contributed by atoms with van der Waals surface area (Å²) in [5.74, 6) is -0.282. The van der Waals surface area contributed by atoms with Crippen LogP contribution in [0.5, 0.6) is 5.19 Å². The Morgan fingerprint density at radius 3 is 2.78 bits per heavy atom. The summed E-state index contributed by atoms with van der Waals surface area (Å²) in [4.78, 5) is 7.50. The van der Waals surface area contributed by atoms with E-state index in [-0.39, 0.29) is 23.2 Å². The summed E-state index contributed by atoms with van der Waals surface area (Å²) in [6, 6.07) is 5.02. The van der Waals surface area contributed by atoms with Crippen molar-refractivity contribution >= 4 is 22.1 Å². The molecule has 0 saturated heterocycles. The first-order chi connectivity index (χ1) is 12.9. The van der Waals surface area contributed by atoms with E-state index in [0.29, 0.717) is 24.9 Å². The van der Waals surface area contributed by atoms with E-state index < -0.39 is 11.9 Å². The predicted octanol–water partition coefficient (Wildman–Crippen LogP) is 4.55. The van der Waals surface area contributed by atoms with Gasteiger partial charge in [-0.1, -0.05) is 11.3 Å². The fraction of sp³-hybridized carbons (Fsp3) is 0.333. The molecule has 0 atom stereocenters. The minimum absolute atomic E-state index is 0.0263. The van der Waals surface area contributed by atoms with Crippen molar-refractivity contribution in [2.24, 2.45) is 0 Å². The third kappa shape index (κ3) is 3.89. The van der Waals surface area contributed by atoms with Crippen LogP contribution < -0.4 is 10.1 Å². The Hall–Kier alpha value is -2.26. The van der Waals surface area contributed by atoms with E-state index in [4.69, 9.17) is 4.74 Å². The Kier molecular flexibility index (Phi) is 4.73. The average molecular weight is 397 g/mol. The van der Waals surface area contributed by atoms with E-state index >= 15 is 0 Å². The number of nitrogens with one attached hydrogen (secondary N) is 1. The van der Waals surface area contributed by atoms with Gasteiger partial charge in [-0.3, -0.25) is 4.98 Å². The number of thiazole rings is 1. The minimum atomic E-state index is -4.46. The van der Waals surface area contributed by atoms with Gasteiger partial charge in [0.15, 0.2) is 5.69 Å². The topological polar surface area (TPSA) is 47.0 Å². The van der Waals surface area contributed by atoms with Crippen molar-refractivity contribution in [3.05, 3.63) is 53.0 Å². The van der Waals surface area contributed by atoms with Crippen LogP contribution in [-0.2, 0) is 12.7 Å². The van der Waals surface area contributed by atoms with Crippen molar-refractivity contribution in [2.75, 3.05) is 0 Å². The molecular weight excluding hydrogens is 382 g/mol. The van der Waals surface area contributed by atoms with Crippen molar-refractivity contribution in [1.82, 2.24) is 15.3 Å². The molecule has 0 amide bonds. The first-order valence-electron chi connectivity index (χ1n) is 8.34. The van der Waals surface area contributed by atoms with Gasteiger partial charge in [0.2, 0.25) is 0 Å². The van der Waals surface area contributed by atoms with Crippen molar-refractivity contribution in [1.29, 1.82) is 0 Å². The maximum absolute atomic E-state index is 14.2. The molecule has 1 N–H and O–H groups in total. The van der Waals surface area contributed by atoms with E-state index in [2.05, 4.69) is 15.3 Å². The van der Waals surface area contributed by atoms with Crippen LogP contribution in [0.25, 0.3) is 10.8 Å². The summed E-state index contributed by atoms with van der Waals surface area (Å²) in [5, 5.41) is 5.93. The van der Waals surface area contributed by atoms with Gasteiger partial charge in [0.1, 0.15) is 11.9 Å². The van der Waals surface area contributed by atoms with Crippen molar-refractivity contribution in [3.8, 4) is 5.19 Å². The zero-order valence-corrected chi connectivity index (χ0v) is 14.8. The number of benzene rings is 1. The third-order valence-corrected chi connectivity index (χ3v) is 5.31. The van der Waals surface area contributed by atoms with Crippen LogP contribution in [-0.4, -0.2) is 22.1 Å². The molecule has 4 nitrogen and oxygen atoms in total. The molecule has 0 bridgehead atoms. The summed E-state index contributed by atoms with van der Waals surface area (Å²) in [7, 11) is 0. The predicted molar refractivity (Wildman–Crippen MR) is 93.1 cm³/mol. The lowest BCUT2D eigenvalue weighted by Gasteiger charge is -2.35. The summed E-state index contributed by atoms with van der Waals surface area (Å²) >= 11 is 0.840. The van der Waals surface area contributed by atoms with Gasteiger partial charge in [-0.05, 0) is 36.4 Å². The average Bonchev–Trinajstić information content (AvgIpc) is 3.07. The van der Waals surface area contributed by atoms with Crippen molar-refractivity contribution in [2.45, 2.75) is 37.7 Å². The number of rotatable bonds is 5. The van der Waals surface area contributed by atoms with Gasteiger partial charge in [-0.25, -0.2) is 4.39 Å². The van der Waals surface area contributed by atoms with Gasteiger partial charge >= 0.3 is 6.18 Å². The van der Waals surface area contributed by atoms with E-state index in [1.807, 2.05) is 0 Å². The maximum atomic E-state index is 14.2. The van der Waals surface area contributed by atoms with Crippen LogP contribution in [0.2, 0.25) is 0 Å². The lowest BCUT2D eigenvalue weighted by Crippen LogP contribution is -2.46. The first-order valence-corrected chi connectivity index (χ1v) is 9.22. The summed E-state index contributed by atoms with van der Waals surface area (Å²) in [6.45, 7) is 0.361. The summed E-state index contributed by atoms with van der Waals surface area (Å²) in [5.41, 5.74) is -0.355. The normalized spacial score (nSPS) is 19.9. The Morgan fingerprint density at radius 2 is 2.04 bits per heavy atom. The number of hydrogen-bond donors (Lipinski definition) is 1. The molecule has 2 aromatic heterocycles. The minimum Gasteiger partial charge on any atom is -0.467 e. The maximum Gasteiger partial charge on any atom is 0.434 e. The lowest BCUT2D eigenvalue weighted by atomic mass is 9.89. The molecule has 1 saturated carbocycles. The number of hydrogen-bond acceptors (Lipinski definition) is 5. The number of aromatic nitrogens is 2. The number of ether oxygens (including phenoxy) is 1. The largest absolute Gasteiger partial charge is 0.467 e. The summed E-state index contributed by atoms with van der Waals surface area (Å²) in [6.07, 6.45) is -0.0589. The van der Waals surface area contributed by atoms with E-state index in [0.717, 1.165) is 27.5 Å². The smallest absolute Gasteiger partial charge is 0.434 e. The molecule has 1 fully saturated rings. The van der Waals surface area contributed by atoms with Crippen LogP contribution in [0, 0.1) is 5.82 Å². The highest BCUT2D eigenvalue weighted by Crippen LogP contribution is 2.34. The van der Waals surface area contributed by atoms with Gasteiger partial charge in [0.25, 0.3) is 5.19 Å². The number of halogens is 4. The molecule has 0 aliphatic heterocycles. The fourth-order valence-corrected chi connectivity index (χ4v) is 3.79. The second kappa shape index (κ2) is 7.05. The Balaban J connectivity index is 1.31. The van der Waals surface area contributed by atoms with Crippen molar-refractivity contribution < 1.29 is 22.3 Å². The standard InChI is InChI=1S/C18H15F4N3OS/c19-15-2-1-10-7-23-4-3-13(10)14(15)8-24-11-5-12(6-11)26-17-25-16(9-27-17)18(20,21)22/h1-4,7,9,11-12,24H,5-6,8H2/t11-,12-. The molecule has 1 aliphatic carbocycles. The Morgan fingerprint density at radius 1 is 1.22 bits per heavy atom. The van der Waals surface area contributed by atoms with Gasteiger partial charge < -0.3 is 10.1 Å². The monoisotopic (exact) mass is 397 g/mol. The fourth-order valence-electron chi connectivity index (χ4n) is 3.05. The second-order valence-corrected chi connectivity index (χ2v) is 7.23. The van der Waals surface area contributed by atoms with Crippen LogP contribution >= 0.6 is 11.3 Å². The van der Waals surface area contributed by atoms with E-state index in [1.54, 1.807) is 24.5 Å². The zero-order chi connectivity index (χ0) is 19.0. The highest BCUT2D eigenvalue weighted by Gasteiger charge is 2.36. The van der Waals surface area contributed by atoms with Gasteiger partial charge in [0, 0.05) is 41.3 Å². The highest BCUT2D eigenvalue weighted by atomic mass is 32.1. The van der Waals surface area contributed by atoms with Crippen LogP contribution in [0.1, 0.15) is 24.1 Å². The highest BCUT2D eigenvalue weighted by molar-refractivity contribution is 7.11. The molecule has 0 unspecified atom stereocenters.